The predicted molar refractivity (Wildman–Crippen MR) is 89.2 cm³/mol. The van der Waals surface area contributed by atoms with Crippen LogP contribution >= 0.6 is 0 Å². The monoisotopic (exact) mass is 325 g/mol. The lowest BCUT2D eigenvalue weighted by Crippen LogP contribution is -3.00. The highest BCUT2D eigenvalue weighted by molar-refractivity contribution is 5.26. The number of rotatable bonds is 4. The highest BCUT2D eigenvalue weighted by Gasteiger charge is 2.27. The summed E-state index contributed by atoms with van der Waals surface area (Å²) in [5.41, 5.74) is 2.55. The molecule has 0 spiro atoms. The first-order valence-electron chi connectivity index (χ1n) is 8.07. The van der Waals surface area contributed by atoms with Crippen molar-refractivity contribution >= 4 is 0 Å². The van der Waals surface area contributed by atoms with Crippen molar-refractivity contribution in [3.05, 3.63) is 71.8 Å². The lowest BCUT2D eigenvalue weighted by molar-refractivity contribution is -0.00000471. The van der Waals surface area contributed by atoms with Crippen LogP contribution in [-0.4, -0.2) is 18.0 Å². The Kier molecular flexibility index (Phi) is 6.65. The summed E-state index contributed by atoms with van der Waals surface area (Å²) < 4.78 is 0. The quantitative estimate of drug-likeness (QED) is 0.845. The van der Waals surface area contributed by atoms with Crippen molar-refractivity contribution in [2.75, 3.05) is 13.1 Å². The molecule has 120 valence electrons. The molecule has 0 aliphatic carbocycles. The van der Waals surface area contributed by atoms with E-state index in [2.05, 4.69) is 53.4 Å². The highest BCUT2D eigenvalue weighted by atomic mass is 35.5. The zero-order valence-electron chi connectivity index (χ0n) is 13.2. The van der Waals surface area contributed by atoms with Crippen LogP contribution in [0.2, 0.25) is 0 Å². The summed E-state index contributed by atoms with van der Waals surface area (Å²) in [4.78, 5) is 2.51. The maximum Gasteiger partial charge on any atom is 0.0741 e. The van der Waals surface area contributed by atoms with Gasteiger partial charge in [-0.15, -0.1) is 0 Å². The standard InChI is InChI=1S/C20H22N2.ClH/c21-15-20(18-9-5-2-6-10-18)19-11-13-22(14-12-19)16-17-7-3-1-4-8-17;/h1-10,19-20H,11-14,16H2;1H/p-1. The van der Waals surface area contributed by atoms with Gasteiger partial charge in [0.05, 0.1) is 12.0 Å². The largest absolute Gasteiger partial charge is 1.00 e. The second-order valence-electron chi connectivity index (χ2n) is 6.12. The minimum atomic E-state index is 0. The topological polar surface area (TPSA) is 27.0 Å². The Hall–Kier alpha value is -1.82. The Bertz CT molecular complexity index is 613. The molecule has 23 heavy (non-hydrogen) atoms. The fourth-order valence-electron chi connectivity index (χ4n) is 3.40. The number of likely N-dealkylation sites (tertiary alicyclic amines) is 1. The van der Waals surface area contributed by atoms with Crippen LogP contribution < -0.4 is 12.4 Å². The number of nitriles is 1. The maximum absolute atomic E-state index is 9.57. The van der Waals surface area contributed by atoms with Crippen LogP contribution in [-0.2, 0) is 6.54 Å². The molecular weight excluding hydrogens is 304 g/mol. The molecule has 2 nitrogen and oxygen atoms in total. The van der Waals surface area contributed by atoms with Crippen molar-refractivity contribution in [1.82, 2.24) is 4.90 Å². The van der Waals surface area contributed by atoms with Crippen LogP contribution in [0.5, 0.6) is 0 Å². The average Bonchev–Trinajstić information content (AvgIpc) is 2.59. The maximum atomic E-state index is 9.57. The SMILES string of the molecule is N#CC(c1ccccc1)C1CCN(Cc2ccccc2)CC1.[Cl-]. The molecule has 1 fully saturated rings. The van der Waals surface area contributed by atoms with Gasteiger partial charge < -0.3 is 12.4 Å². The van der Waals surface area contributed by atoms with Gasteiger partial charge in [0.1, 0.15) is 0 Å². The van der Waals surface area contributed by atoms with Gasteiger partial charge in [0.2, 0.25) is 0 Å². The van der Waals surface area contributed by atoms with Gasteiger partial charge in [-0.25, -0.2) is 0 Å². The van der Waals surface area contributed by atoms with E-state index in [1.807, 2.05) is 18.2 Å². The first-order chi connectivity index (χ1) is 10.9. The van der Waals surface area contributed by atoms with Gasteiger partial charge in [-0.05, 0) is 43.0 Å². The molecule has 2 aromatic rings. The van der Waals surface area contributed by atoms with E-state index in [1.54, 1.807) is 0 Å². The molecule has 1 heterocycles. The van der Waals surface area contributed by atoms with Gasteiger partial charge in [0, 0.05) is 6.54 Å². The van der Waals surface area contributed by atoms with Crippen molar-refractivity contribution in [3.8, 4) is 6.07 Å². The van der Waals surface area contributed by atoms with E-state index in [-0.39, 0.29) is 18.3 Å². The van der Waals surface area contributed by atoms with Crippen LogP contribution in [0.1, 0.15) is 29.9 Å². The third-order valence-electron chi connectivity index (χ3n) is 4.65. The Morgan fingerprint density at radius 2 is 1.52 bits per heavy atom. The van der Waals surface area contributed by atoms with Crippen LogP contribution in [0.4, 0.5) is 0 Å². The van der Waals surface area contributed by atoms with E-state index in [4.69, 9.17) is 0 Å². The minimum absolute atomic E-state index is 0. The van der Waals surface area contributed by atoms with Gasteiger partial charge in [0.25, 0.3) is 0 Å². The first-order valence-corrected chi connectivity index (χ1v) is 8.07. The summed E-state index contributed by atoms with van der Waals surface area (Å²) in [5, 5.41) is 9.57. The Morgan fingerprint density at radius 1 is 0.957 bits per heavy atom. The lowest BCUT2D eigenvalue weighted by atomic mass is 9.81. The van der Waals surface area contributed by atoms with E-state index < -0.39 is 0 Å². The summed E-state index contributed by atoms with van der Waals surface area (Å²) >= 11 is 0. The second-order valence-corrected chi connectivity index (χ2v) is 6.12. The van der Waals surface area contributed by atoms with Gasteiger partial charge in [-0.3, -0.25) is 4.90 Å². The molecule has 1 atom stereocenters. The molecule has 1 aliphatic rings. The molecule has 1 unspecified atom stereocenters. The summed E-state index contributed by atoms with van der Waals surface area (Å²) in [6, 6.07) is 23.4. The summed E-state index contributed by atoms with van der Waals surface area (Å²) in [5.74, 6) is 0.527. The van der Waals surface area contributed by atoms with Gasteiger partial charge in [-0.2, -0.15) is 5.26 Å². The molecule has 3 heteroatoms. The number of benzene rings is 2. The molecule has 0 N–H and O–H groups in total. The number of hydrogen-bond donors (Lipinski definition) is 0. The van der Waals surface area contributed by atoms with E-state index in [0.29, 0.717) is 5.92 Å². The number of hydrogen-bond acceptors (Lipinski definition) is 2. The smallest absolute Gasteiger partial charge is 0.0741 e. The van der Waals surface area contributed by atoms with Crippen molar-refractivity contribution in [2.45, 2.75) is 25.3 Å². The van der Waals surface area contributed by atoms with E-state index in [9.17, 15) is 5.26 Å². The molecule has 2 aromatic carbocycles. The van der Waals surface area contributed by atoms with Crippen LogP contribution in [0.25, 0.3) is 0 Å². The fraction of sp³-hybridized carbons (Fsp3) is 0.350. The summed E-state index contributed by atoms with van der Waals surface area (Å²) in [6.07, 6.45) is 2.22. The van der Waals surface area contributed by atoms with Crippen LogP contribution in [0.15, 0.2) is 60.7 Å². The van der Waals surface area contributed by atoms with Crippen LogP contribution in [0, 0.1) is 17.2 Å². The first kappa shape index (κ1) is 17.5. The molecule has 0 saturated carbocycles. The minimum Gasteiger partial charge on any atom is -1.00 e. The Morgan fingerprint density at radius 3 is 2.09 bits per heavy atom. The molecule has 0 aromatic heterocycles. The third-order valence-corrected chi connectivity index (χ3v) is 4.65. The normalized spacial score (nSPS) is 17.0. The van der Waals surface area contributed by atoms with Crippen molar-refractivity contribution < 1.29 is 12.4 Å². The Labute approximate surface area is 145 Å². The lowest BCUT2D eigenvalue weighted by Gasteiger charge is -2.34. The van der Waals surface area contributed by atoms with E-state index in [1.165, 1.54) is 11.1 Å². The van der Waals surface area contributed by atoms with Crippen molar-refractivity contribution in [2.24, 2.45) is 5.92 Å². The summed E-state index contributed by atoms with van der Waals surface area (Å²) in [7, 11) is 0. The fourth-order valence-corrected chi connectivity index (χ4v) is 3.40. The average molecular weight is 326 g/mol. The molecule has 3 rings (SSSR count). The highest BCUT2D eigenvalue weighted by Crippen LogP contribution is 2.32. The molecule has 1 saturated heterocycles. The number of piperidine rings is 1. The van der Waals surface area contributed by atoms with Crippen molar-refractivity contribution in [3.63, 3.8) is 0 Å². The zero-order valence-corrected chi connectivity index (χ0v) is 14.0. The zero-order chi connectivity index (χ0) is 15.2. The number of nitrogens with zero attached hydrogens (tertiary/aromatic N) is 2. The van der Waals surface area contributed by atoms with Crippen molar-refractivity contribution in [1.29, 1.82) is 5.26 Å². The molecular formula is C20H22ClN2-. The third kappa shape index (κ3) is 4.58. The van der Waals surface area contributed by atoms with E-state index in [0.717, 1.165) is 32.5 Å². The molecule has 0 amide bonds. The predicted octanol–water partition coefficient (Wildman–Crippen LogP) is 1.21. The van der Waals surface area contributed by atoms with Gasteiger partial charge in [0.15, 0.2) is 0 Å². The summed E-state index contributed by atoms with van der Waals surface area (Å²) in [6.45, 7) is 3.20. The molecule has 1 aliphatic heterocycles. The molecule has 0 bridgehead atoms. The van der Waals surface area contributed by atoms with Gasteiger partial charge in [-0.1, -0.05) is 60.7 Å². The Balaban J connectivity index is 0.00000192. The molecule has 0 radical (unpaired) electrons. The second kappa shape index (κ2) is 8.72. The van der Waals surface area contributed by atoms with E-state index >= 15 is 0 Å². The number of halogens is 1. The van der Waals surface area contributed by atoms with Gasteiger partial charge >= 0.3 is 0 Å². The van der Waals surface area contributed by atoms with Crippen LogP contribution in [0.3, 0.4) is 0 Å².